The number of carbonyl (C=O) groups is 1. The molecule has 2 N–H and O–H groups in total. The van der Waals surface area contributed by atoms with Crippen molar-refractivity contribution in [3.05, 3.63) is 63.6 Å². The number of oxime groups is 1. The van der Waals surface area contributed by atoms with Crippen molar-refractivity contribution in [1.82, 2.24) is 0 Å². The molecule has 0 fully saturated rings. The summed E-state index contributed by atoms with van der Waals surface area (Å²) in [5, 5.41) is 4.16. The molecule has 22 heavy (non-hydrogen) atoms. The molecule has 0 amide bonds. The highest BCUT2D eigenvalue weighted by molar-refractivity contribution is 9.10. The number of halogens is 2. The average molecular weight is 384 g/mol. The lowest BCUT2D eigenvalue weighted by Gasteiger charge is -2.04. The molecule has 0 saturated heterocycles. The van der Waals surface area contributed by atoms with E-state index >= 15 is 0 Å². The zero-order valence-corrected chi connectivity index (χ0v) is 13.7. The van der Waals surface area contributed by atoms with Crippen molar-refractivity contribution in [3.63, 3.8) is 0 Å². The first-order valence-corrected chi connectivity index (χ1v) is 7.39. The van der Waals surface area contributed by atoms with Gasteiger partial charge in [0.15, 0.2) is 12.4 Å². The summed E-state index contributed by atoms with van der Waals surface area (Å²) >= 11 is 9.06. The predicted octanol–water partition coefficient (Wildman–Crippen LogP) is 3.35. The largest absolute Gasteiger partial charge is 0.482 e. The molecule has 2 aromatic rings. The Kier molecular flexibility index (Phi) is 5.80. The van der Waals surface area contributed by atoms with E-state index in [1.807, 2.05) is 12.1 Å². The second kappa shape index (κ2) is 7.82. The van der Waals surface area contributed by atoms with E-state index in [0.29, 0.717) is 16.3 Å². The SMILES string of the molecule is N/C(=N/OC(=O)COc1ccc(Cl)cc1)c1ccc(Br)cc1. The predicted molar refractivity (Wildman–Crippen MR) is 87.9 cm³/mol. The highest BCUT2D eigenvalue weighted by atomic mass is 79.9. The minimum absolute atomic E-state index is 0.104. The molecular formula is C15H12BrClN2O3. The fraction of sp³-hybridized carbons (Fsp3) is 0.0667. The third-order valence-corrected chi connectivity index (χ3v) is 3.34. The molecule has 0 aliphatic heterocycles. The topological polar surface area (TPSA) is 73.9 Å². The molecule has 5 nitrogen and oxygen atoms in total. The third kappa shape index (κ3) is 5.05. The van der Waals surface area contributed by atoms with Crippen LogP contribution in [0, 0.1) is 0 Å². The second-order valence-corrected chi connectivity index (χ2v) is 5.54. The van der Waals surface area contributed by atoms with Gasteiger partial charge in [0, 0.05) is 15.1 Å². The number of hydrogen-bond acceptors (Lipinski definition) is 4. The van der Waals surface area contributed by atoms with E-state index in [1.54, 1.807) is 36.4 Å². The molecule has 0 aromatic heterocycles. The summed E-state index contributed by atoms with van der Waals surface area (Å²) in [6, 6.07) is 13.7. The number of nitrogens with zero attached hydrogens (tertiary/aromatic N) is 1. The van der Waals surface area contributed by atoms with Gasteiger partial charge in [-0.15, -0.1) is 0 Å². The molecule has 0 aliphatic carbocycles. The average Bonchev–Trinajstić information content (AvgIpc) is 2.52. The van der Waals surface area contributed by atoms with E-state index in [-0.39, 0.29) is 12.4 Å². The molecule has 0 saturated carbocycles. The smallest absolute Gasteiger partial charge is 0.372 e. The number of rotatable bonds is 5. The highest BCUT2D eigenvalue weighted by Gasteiger charge is 2.06. The summed E-state index contributed by atoms with van der Waals surface area (Å²) < 4.78 is 6.14. The van der Waals surface area contributed by atoms with Crippen LogP contribution in [-0.2, 0) is 9.63 Å². The first-order chi connectivity index (χ1) is 10.5. The van der Waals surface area contributed by atoms with Crippen LogP contribution in [0.15, 0.2) is 58.2 Å². The maximum Gasteiger partial charge on any atom is 0.372 e. The Morgan fingerprint density at radius 2 is 1.77 bits per heavy atom. The normalized spacial score (nSPS) is 11.1. The van der Waals surface area contributed by atoms with Gasteiger partial charge in [0.05, 0.1) is 0 Å². The van der Waals surface area contributed by atoms with Crippen LogP contribution in [0.3, 0.4) is 0 Å². The van der Waals surface area contributed by atoms with Crippen LogP contribution < -0.4 is 10.5 Å². The van der Waals surface area contributed by atoms with Crippen LogP contribution in [-0.4, -0.2) is 18.4 Å². The summed E-state index contributed by atoms with van der Waals surface area (Å²) in [5.41, 5.74) is 6.37. The van der Waals surface area contributed by atoms with Crippen molar-refractivity contribution in [3.8, 4) is 5.75 Å². The van der Waals surface area contributed by atoms with Crippen LogP contribution in [0.1, 0.15) is 5.56 Å². The fourth-order valence-corrected chi connectivity index (χ4v) is 1.86. The van der Waals surface area contributed by atoms with Gasteiger partial charge in [0.2, 0.25) is 0 Å². The Bertz CT molecular complexity index is 672. The molecule has 0 bridgehead atoms. The lowest BCUT2D eigenvalue weighted by molar-refractivity contribution is -0.146. The Balaban J connectivity index is 1.85. The number of benzene rings is 2. The van der Waals surface area contributed by atoms with Gasteiger partial charge in [-0.2, -0.15) is 0 Å². The zero-order valence-electron chi connectivity index (χ0n) is 11.3. The van der Waals surface area contributed by atoms with Gasteiger partial charge in [-0.25, -0.2) is 4.79 Å². The Morgan fingerprint density at radius 3 is 2.41 bits per heavy atom. The van der Waals surface area contributed by atoms with Crippen LogP contribution >= 0.6 is 27.5 Å². The van der Waals surface area contributed by atoms with E-state index in [4.69, 9.17) is 26.9 Å². The van der Waals surface area contributed by atoms with Crippen molar-refractivity contribution < 1.29 is 14.4 Å². The minimum atomic E-state index is -0.657. The quantitative estimate of drug-likeness (QED) is 0.372. The Hall–Kier alpha value is -2.05. The van der Waals surface area contributed by atoms with Gasteiger partial charge in [-0.1, -0.05) is 44.8 Å². The molecule has 0 spiro atoms. The summed E-state index contributed by atoms with van der Waals surface area (Å²) in [6.07, 6.45) is 0. The number of hydrogen-bond donors (Lipinski definition) is 1. The van der Waals surface area contributed by atoms with Crippen LogP contribution in [0.4, 0.5) is 0 Å². The molecule has 2 aromatic carbocycles. The Morgan fingerprint density at radius 1 is 1.14 bits per heavy atom. The third-order valence-electron chi connectivity index (χ3n) is 2.56. The van der Waals surface area contributed by atoms with Crippen molar-refractivity contribution in [1.29, 1.82) is 0 Å². The number of nitrogens with two attached hydrogens (primary N) is 1. The van der Waals surface area contributed by atoms with E-state index in [1.165, 1.54) is 0 Å². The molecular weight excluding hydrogens is 372 g/mol. The molecule has 0 heterocycles. The highest BCUT2D eigenvalue weighted by Crippen LogP contribution is 2.15. The van der Waals surface area contributed by atoms with Gasteiger partial charge >= 0.3 is 5.97 Å². The van der Waals surface area contributed by atoms with Gasteiger partial charge in [0.25, 0.3) is 0 Å². The summed E-state index contributed by atoms with van der Waals surface area (Å²) in [5.74, 6) is -0.0476. The number of amidine groups is 1. The molecule has 2 rings (SSSR count). The van der Waals surface area contributed by atoms with Crippen molar-refractivity contribution >= 4 is 39.3 Å². The minimum Gasteiger partial charge on any atom is -0.482 e. The Labute approximate surface area is 140 Å². The van der Waals surface area contributed by atoms with Crippen LogP contribution in [0.5, 0.6) is 5.75 Å². The molecule has 0 unspecified atom stereocenters. The summed E-state index contributed by atoms with van der Waals surface area (Å²) in [6.45, 7) is -0.279. The van der Waals surface area contributed by atoms with Crippen molar-refractivity contribution in [2.45, 2.75) is 0 Å². The molecule has 0 radical (unpaired) electrons. The monoisotopic (exact) mass is 382 g/mol. The molecule has 0 aliphatic rings. The van der Waals surface area contributed by atoms with E-state index < -0.39 is 5.97 Å². The van der Waals surface area contributed by atoms with Crippen LogP contribution in [0.2, 0.25) is 5.02 Å². The maximum atomic E-state index is 11.5. The van der Waals surface area contributed by atoms with E-state index in [9.17, 15) is 4.79 Å². The molecule has 7 heteroatoms. The summed E-state index contributed by atoms with van der Waals surface area (Å²) in [4.78, 5) is 16.2. The standard InChI is InChI=1S/C15H12BrClN2O3/c16-11-3-1-10(2-4-11)15(18)19-22-14(20)9-21-13-7-5-12(17)6-8-13/h1-8H,9H2,(H2,18,19). The lowest BCUT2D eigenvalue weighted by Crippen LogP contribution is -2.17. The van der Waals surface area contributed by atoms with Crippen molar-refractivity contribution in [2.75, 3.05) is 6.61 Å². The van der Waals surface area contributed by atoms with E-state index in [2.05, 4.69) is 21.1 Å². The van der Waals surface area contributed by atoms with Crippen LogP contribution in [0.25, 0.3) is 0 Å². The number of carbonyl (C=O) groups excluding carboxylic acids is 1. The first-order valence-electron chi connectivity index (χ1n) is 6.22. The van der Waals surface area contributed by atoms with E-state index in [0.717, 1.165) is 4.47 Å². The van der Waals surface area contributed by atoms with Gasteiger partial charge in [-0.05, 0) is 36.4 Å². The second-order valence-electron chi connectivity index (χ2n) is 4.19. The fourth-order valence-electron chi connectivity index (χ4n) is 1.47. The maximum absolute atomic E-state index is 11.5. The van der Waals surface area contributed by atoms with Gasteiger partial charge < -0.3 is 15.3 Å². The van der Waals surface area contributed by atoms with Crippen molar-refractivity contribution in [2.24, 2.45) is 10.9 Å². The van der Waals surface area contributed by atoms with Gasteiger partial charge in [0.1, 0.15) is 5.75 Å². The zero-order chi connectivity index (χ0) is 15.9. The molecule has 0 atom stereocenters. The first kappa shape index (κ1) is 16.3. The number of ether oxygens (including phenoxy) is 1. The van der Waals surface area contributed by atoms with Gasteiger partial charge in [-0.3, -0.25) is 0 Å². The molecule has 114 valence electrons. The summed E-state index contributed by atoms with van der Waals surface area (Å²) in [7, 11) is 0. The lowest BCUT2D eigenvalue weighted by atomic mass is 10.2.